The molecule has 0 atom stereocenters. The monoisotopic (exact) mass is 279 g/mol. The van der Waals surface area contributed by atoms with Gasteiger partial charge in [-0.3, -0.25) is 0 Å². The van der Waals surface area contributed by atoms with E-state index in [9.17, 15) is 9.65 Å². The first-order chi connectivity index (χ1) is 9.10. The molecule has 2 rings (SSSR count). The first-order valence-electron chi connectivity index (χ1n) is 6.94. The fraction of sp³-hybridized carbons (Fsp3) is 0.562. The van der Waals surface area contributed by atoms with Gasteiger partial charge in [-0.05, 0) is 49.7 Å². The van der Waals surface area contributed by atoms with Crippen LogP contribution in [0.1, 0.15) is 44.6 Å². The van der Waals surface area contributed by atoms with Gasteiger partial charge in [-0.1, -0.05) is 37.1 Å². The second-order valence-corrected chi connectivity index (χ2v) is 6.04. The molecule has 0 amide bonds. The summed E-state index contributed by atoms with van der Waals surface area (Å²) < 4.78 is 14.0. The minimum absolute atomic E-state index is 0.146. The second-order valence-electron chi connectivity index (χ2n) is 5.63. The van der Waals surface area contributed by atoms with Crippen molar-refractivity contribution in [2.45, 2.75) is 45.4 Å². The average Bonchev–Trinajstić information content (AvgIpc) is 2.45. The highest BCUT2D eigenvalue weighted by molar-refractivity contribution is 6.30. The van der Waals surface area contributed by atoms with Gasteiger partial charge < -0.3 is 0 Å². The molecule has 0 unspecified atom stereocenters. The third-order valence-electron chi connectivity index (χ3n) is 4.44. The van der Waals surface area contributed by atoms with Crippen LogP contribution in [0.15, 0.2) is 18.2 Å². The quantitative estimate of drug-likeness (QED) is 0.752. The summed E-state index contributed by atoms with van der Waals surface area (Å²) in [6.45, 7) is 2.20. The first-order valence-corrected chi connectivity index (χ1v) is 7.32. The van der Waals surface area contributed by atoms with Crippen molar-refractivity contribution in [3.63, 3.8) is 0 Å². The molecule has 102 valence electrons. The molecule has 1 aliphatic carbocycles. The van der Waals surface area contributed by atoms with Gasteiger partial charge in [0, 0.05) is 0 Å². The van der Waals surface area contributed by atoms with Crippen LogP contribution in [0.2, 0.25) is 5.02 Å². The van der Waals surface area contributed by atoms with E-state index in [0.717, 1.165) is 31.6 Å². The third kappa shape index (κ3) is 3.09. The first kappa shape index (κ1) is 14.3. The van der Waals surface area contributed by atoms with Crippen LogP contribution in [0.5, 0.6) is 0 Å². The molecule has 1 fully saturated rings. The SMILES string of the molecule is CCC1CCC(C#N)(Cc2cccc(Cl)c2F)CC1. The number of nitriles is 1. The van der Waals surface area contributed by atoms with E-state index in [4.69, 9.17) is 11.6 Å². The third-order valence-corrected chi connectivity index (χ3v) is 4.73. The number of hydrogen-bond acceptors (Lipinski definition) is 1. The van der Waals surface area contributed by atoms with Crippen molar-refractivity contribution < 1.29 is 4.39 Å². The van der Waals surface area contributed by atoms with Gasteiger partial charge in [0.1, 0.15) is 5.82 Å². The summed E-state index contributed by atoms with van der Waals surface area (Å²) in [7, 11) is 0. The van der Waals surface area contributed by atoms with Gasteiger partial charge in [-0.15, -0.1) is 0 Å². The predicted molar refractivity (Wildman–Crippen MR) is 75.4 cm³/mol. The molecule has 1 aromatic rings. The molecule has 0 N–H and O–H groups in total. The molecule has 0 radical (unpaired) electrons. The maximum atomic E-state index is 14.0. The summed E-state index contributed by atoms with van der Waals surface area (Å²) in [5.74, 6) is 0.363. The molecule has 1 saturated carbocycles. The van der Waals surface area contributed by atoms with Gasteiger partial charge >= 0.3 is 0 Å². The highest BCUT2D eigenvalue weighted by atomic mass is 35.5. The Morgan fingerprint density at radius 1 is 1.42 bits per heavy atom. The Morgan fingerprint density at radius 3 is 2.68 bits per heavy atom. The molecule has 19 heavy (non-hydrogen) atoms. The molecule has 0 bridgehead atoms. The van der Waals surface area contributed by atoms with Crippen molar-refractivity contribution in [1.29, 1.82) is 5.26 Å². The van der Waals surface area contributed by atoms with E-state index in [0.29, 0.717) is 12.0 Å². The summed E-state index contributed by atoms with van der Waals surface area (Å²) in [6.07, 6.45) is 5.54. The van der Waals surface area contributed by atoms with Crippen LogP contribution in [0.3, 0.4) is 0 Å². The summed E-state index contributed by atoms with van der Waals surface area (Å²) in [4.78, 5) is 0. The molecule has 0 saturated heterocycles. The minimum Gasteiger partial charge on any atom is -0.205 e. The predicted octanol–water partition coefficient (Wildman–Crippen LogP) is 5.13. The fourth-order valence-corrected chi connectivity index (χ4v) is 3.21. The summed E-state index contributed by atoms with van der Waals surface area (Å²) in [6, 6.07) is 7.49. The molecule has 0 heterocycles. The number of nitrogens with zero attached hydrogens (tertiary/aromatic N) is 1. The van der Waals surface area contributed by atoms with Crippen LogP contribution in [0.25, 0.3) is 0 Å². The lowest BCUT2D eigenvalue weighted by molar-refractivity contribution is 0.204. The Bertz CT molecular complexity index is 484. The van der Waals surface area contributed by atoms with Crippen LogP contribution in [-0.4, -0.2) is 0 Å². The van der Waals surface area contributed by atoms with E-state index >= 15 is 0 Å². The van der Waals surface area contributed by atoms with Crippen molar-refractivity contribution in [2.24, 2.45) is 11.3 Å². The van der Waals surface area contributed by atoms with Crippen molar-refractivity contribution >= 4 is 11.6 Å². The largest absolute Gasteiger partial charge is 0.205 e. The lowest BCUT2D eigenvalue weighted by Gasteiger charge is -2.34. The van der Waals surface area contributed by atoms with E-state index in [1.54, 1.807) is 18.2 Å². The molecule has 1 aromatic carbocycles. The normalized spacial score (nSPS) is 26.9. The maximum absolute atomic E-state index is 14.0. The average molecular weight is 280 g/mol. The molecule has 0 aromatic heterocycles. The van der Waals surface area contributed by atoms with Gasteiger partial charge in [0.25, 0.3) is 0 Å². The van der Waals surface area contributed by atoms with Crippen LogP contribution >= 0.6 is 11.6 Å². The highest BCUT2D eigenvalue weighted by Gasteiger charge is 2.35. The van der Waals surface area contributed by atoms with E-state index in [2.05, 4.69) is 13.0 Å². The fourth-order valence-electron chi connectivity index (χ4n) is 3.02. The number of benzene rings is 1. The Kier molecular flexibility index (Phi) is 4.47. The standard InChI is InChI=1S/C16H19ClFN/c1-2-12-6-8-16(11-19,9-7-12)10-13-4-3-5-14(17)15(13)18/h3-5,12H,2,6-10H2,1H3. The van der Waals surface area contributed by atoms with Crippen LogP contribution in [-0.2, 0) is 6.42 Å². The smallest absolute Gasteiger partial charge is 0.145 e. The molecule has 1 nitrogen and oxygen atoms in total. The Labute approximate surface area is 119 Å². The van der Waals surface area contributed by atoms with E-state index in [1.165, 1.54) is 6.42 Å². The molecule has 3 heteroatoms. The van der Waals surface area contributed by atoms with Crippen LogP contribution < -0.4 is 0 Å². The molecule has 0 spiro atoms. The van der Waals surface area contributed by atoms with Crippen LogP contribution in [0.4, 0.5) is 4.39 Å². The highest BCUT2D eigenvalue weighted by Crippen LogP contribution is 2.42. The van der Waals surface area contributed by atoms with Crippen molar-refractivity contribution in [3.8, 4) is 6.07 Å². The van der Waals surface area contributed by atoms with Crippen molar-refractivity contribution in [3.05, 3.63) is 34.6 Å². The molecular formula is C16H19ClFN. The number of halogens is 2. The Morgan fingerprint density at radius 2 is 2.11 bits per heavy atom. The number of hydrogen-bond donors (Lipinski definition) is 0. The second kappa shape index (κ2) is 5.92. The zero-order valence-electron chi connectivity index (χ0n) is 11.3. The van der Waals surface area contributed by atoms with Crippen molar-refractivity contribution in [1.82, 2.24) is 0 Å². The number of rotatable bonds is 3. The van der Waals surface area contributed by atoms with E-state index < -0.39 is 5.41 Å². The summed E-state index contributed by atoms with van der Waals surface area (Å²) in [5, 5.41) is 9.66. The minimum atomic E-state index is -0.406. The summed E-state index contributed by atoms with van der Waals surface area (Å²) in [5.41, 5.74) is 0.168. The lowest BCUT2D eigenvalue weighted by Crippen LogP contribution is -2.28. The van der Waals surface area contributed by atoms with Crippen molar-refractivity contribution in [2.75, 3.05) is 0 Å². The van der Waals surface area contributed by atoms with E-state index in [1.807, 2.05) is 0 Å². The van der Waals surface area contributed by atoms with Gasteiger partial charge in [0.15, 0.2) is 0 Å². The van der Waals surface area contributed by atoms with E-state index in [-0.39, 0.29) is 10.8 Å². The van der Waals surface area contributed by atoms with Crippen LogP contribution in [0, 0.1) is 28.5 Å². The van der Waals surface area contributed by atoms with Gasteiger partial charge in [0.2, 0.25) is 0 Å². The zero-order valence-corrected chi connectivity index (χ0v) is 12.0. The topological polar surface area (TPSA) is 23.8 Å². The lowest BCUT2D eigenvalue weighted by atomic mass is 9.68. The van der Waals surface area contributed by atoms with Gasteiger partial charge in [0.05, 0.1) is 16.5 Å². The zero-order chi connectivity index (χ0) is 13.9. The molecule has 1 aliphatic rings. The van der Waals surface area contributed by atoms with Gasteiger partial charge in [-0.25, -0.2) is 4.39 Å². The molecule has 0 aliphatic heterocycles. The molecular weight excluding hydrogens is 261 g/mol. The Balaban J connectivity index is 2.16. The van der Waals surface area contributed by atoms with Gasteiger partial charge in [-0.2, -0.15) is 5.26 Å². The Hall–Kier alpha value is -1.07. The maximum Gasteiger partial charge on any atom is 0.145 e. The summed E-state index contributed by atoms with van der Waals surface area (Å²) >= 11 is 5.81.